The molecule has 0 radical (unpaired) electrons. The Hall–Kier alpha value is -0.300. The zero-order valence-electron chi connectivity index (χ0n) is 6.10. The molecule has 0 bridgehead atoms. The first-order chi connectivity index (χ1) is 6.07. The van der Waals surface area contributed by atoms with E-state index in [9.17, 15) is 13.6 Å². The van der Waals surface area contributed by atoms with E-state index in [0.29, 0.717) is 6.29 Å². The van der Waals surface area contributed by atoms with Crippen molar-refractivity contribution in [2.24, 2.45) is 0 Å². The fourth-order valence-electron chi connectivity index (χ4n) is 0.726. The van der Waals surface area contributed by atoms with E-state index in [4.69, 9.17) is 11.6 Å². The first kappa shape index (κ1) is 10.8. The van der Waals surface area contributed by atoms with Crippen molar-refractivity contribution in [3.63, 3.8) is 0 Å². The predicted octanol–water partition coefficient (Wildman–Crippen LogP) is 3.09. The summed E-state index contributed by atoms with van der Waals surface area (Å²) in [7, 11) is 0. The summed E-state index contributed by atoms with van der Waals surface area (Å²) < 4.78 is 24.7. The molecule has 1 aromatic heterocycles. The van der Waals surface area contributed by atoms with Gasteiger partial charge in [-0.15, -0.1) is 0 Å². The van der Waals surface area contributed by atoms with E-state index in [0.717, 1.165) is 6.20 Å². The molecule has 2 nitrogen and oxygen atoms in total. The molecule has 0 aliphatic carbocycles. The van der Waals surface area contributed by atoms with Gasteiger partial charge < -0.3 is 0 Å². The van der Waals surface area contributed by atoms with Gasteiger partial charge in [0.05, 0.1) is 14.2 Å². The molecule has 0 aliphatic heterocycles. The Kier molecular flexibility index (Phi) is 3.55. The normalized spacial score (nSPS) is 10.5. The molecule has 0 atom stereocenters. The van der Waals surface area contributed by atoms with Crippen LogP contribution >= 0.6 is 34.2 Å². The van der Waals surface area contributed by atoms with Crippen LogP contribution in [-0.2, 0) is 0 Å². The minimum atomic E-state index is -2.67. The number of halogens is 4. The molecule has 0 N–H and O–H groups in total. The van der Waals surface area contributed by atoms with Crippen LogP contribution in [-0.4, -0.2) is 11.3 Å². The first-order valence-corrected chi connectivity index (χ1v) is 4.60. The molecule has 6 heteroatoms. The molecule has 0 spiro atoms. The number of hydrogen-bond donors (Lipinski definition) is 0. The van der Waals surface area contributed by atoms with Crippen molar-refractivity contribution in [2.45, 2.75) is 6.43 Å². The average molecular weight is 317 g/mol. The van der Waals surface area contributed by atoms with Gasteiger partial charge in [0.25, 0.3) is 6.43 Å². The summed E-state index contributed by atoms with van der Waals surface area (Å²) in [6.45, 7) is 0. The lowest BCUT2D eigenvalue weighted by atomic mass is 10.2. The van der Waals surface area contributed by atoms with Gasteiger partial charge in [-0.3, -0.25) is 9.78 Å². The molecule has 0 unspecified atom stereocenters. The third-order valence-electron chi connectivity index (χ3n) is 1.36. The van der Waals surface area contributed by atoms with Crippen molar-refractivity contribution in [3.05, 3.63) is 26.0 Å². The summed E-state index contributed by atoms with van der Waals surface area (Å²) in [5.74, 6) is 0. The molecule has 0 amide bonds. The second-order valence-electron chi connectivity index (χ2n) is 2.15. The number of carbonyl (C=O) groups excluding carboxylic acids is 1. The number of pyridine rings is 1. The molecule has 0 saturated heterocycles. The molecular weight excluding hydrogens is 314 g/mol. The number of alkyl halides is 2. The van der Waals surface area contributed by atoms with Gasteiger partial charge in [-0.25, -0.2) is 8.78 Å². The van der Waals surface area contributed by atoms with E-state index in [1.54, 1.807) is 22.6 Å². The average Bonchev–Trinajstić information content (AvgIpc) is 2.09. The van der Waals surface area contributed by atoms with E-state index >= 15 is 0 Å². The molecule has 70 valence electrons. The van der Waals surface area contributed by atoms with Gasteiger partial charge in [-0.1, -0.05) is 11.6 Å². The smallest absolute Gasteiger partial charge is 0.266 e. The van der Waals surface area contributed by atoms with Crippen LogP contribution in [0.15, 0.2) is 6.20 Å². The second kappa shape index (κ2) is 4.28. The maximum absolute atomic E-state index is 12.2. The topological polar surface area (TPSA) is 30.0 Å². The van der Waals surface area contributed by atoms with Crippen molar-refractivity contribution in [1.82, 2.24) is 4.98 Å². The van der Waals surface area contributed by atoms with E-state index in [2.05, 4.69) is 4.98 Å². The van der Waals surface area contributed by atoms with E-state index in [1.165, 1.54) is 0 Å². The monoisotopic (exact) mass is 317 g/mol. The molecule has 0 aliphatic rings. The van der Waals surface area contributed by atoms with Crippen molar-refractivity contribution < 1.29 is 13.6 Å². The van der Waals surface area contributed by atoms with E-state index < -0.39 is 6.43 Å². The number of aldehydes is 1. The van der Waals surface area contributed by atoms with Crippen molar-refractivity contribution in [1.29, 1.82) is 0 Å². The van der Waals surface area contributed by atoms with Gasteiger partial charge >= 0.3 is 0 Å². The Morgan fingerprint density at radius 3 is 2.69 bits per heavy atom. The summed E-state index contributed by atoms with van der Waals surface area (Å²) in [5, 5.41) is -0.104. The number of rotatable bonds is 2. The Balaban J connectivity index is 3.31. The maximum atomic E-state index is 12.2. The summed E-state index contributed by atoms with van der Waals surface area (Å²) in [6, 6.07) is 0. The number of nitrogens with zero attached hydrogens (tertiary/aromatic N) is 1. The van der Waals surface area contributed by atoms with Crippen LogP contribution in [0, 0.1) is 3.57 Å². The zero-order valence-corrected chi connectivity index (χ0v) is 9.01. The van der Waals surface area contributed by atoms with Gasteiger partial charge in [0, 0.05) is 6.20 Å². The van der Waals surface area contributed by atoms with Crippen LogP contribution in [0.5, 0.6) is 0 Å². The van der Waals surface area contributed by atoms with E-state index in [1.807, 2.05) is 0 Å². The lowest BCUT2D eigenvalue weighted by molar-refractivity contribution is 0.111. The maximum Gasteiger partial charge on any atom is 0.266 e. The van der Waals surface area contributed by atoms with Crippen LogP contribution < -0.4 is 0 Å². The summed E-state index contributed by atoms with van der Waals surface area (Å²) >= 11 is 7.29. The lowest BCUT2D eigenvalue weighted by Gasteiger charge is -2.04. The molecule has 0 aromatic carbocycles. The van der Waals surface area contributed by atoms with Crippen LogP contribution in [0.1, 0.15) is 22.5 Å². The summed E-state index contributed by atoms with van der Waals surface area (Å²) in [5.41, 5.74) is -0.272. The second-order valence-corrected chi connectivity index (χ2v) is 3.60. The number of aromatic nitrogens is 1. The lowest BCUT2D eigenvalue weighted by Crippen LogP contribution is -1.97. The highest BCUT2D eigenvalue weighted by Gasteiger charge is 2.16. The molecule has 1 heterocycles. The standard InChI is InChI=1S/C7H3ClF2INO/c8-5-3(7(9)10)1-12-4(2-13)6(5)11/h1-2,7H. The Bertz CT molecular complexity index is 346. The fourth-order valence-corrected chi connectivity index (χ4v) is 1.53. The molecule has 1 aromatic rings. The van der Waals surface area contributed by atoms with Gasteiger partial charge in [0.1, 0.15) is 5.69 Å². The SMILES string of the molecule is O=Cc1ncc(C(F)F)c(Cl)c1I. The number of carbonyl (C=O) groups is 1. The summed E-state index contributed by atoms with van der Waals surface area (Å²) in [4.78, 5) is 13.9. The molecule has 0 saturated carbocycles. The van der Waals surface area contributed by atoms with Gasteiger partial charge in [-0.2, -0.15) is 0 Å². The van der Waals surface area contributed by atoms with Gasteiger partial charge in [0.15, 0.2) is 6.29 Å². The van der Waals surface area contributed by atoms with Crippen molar-refractivity contribution in [3.8, 4) is 0 Å². The quantitative estimate of drug-likeness (QED) is 0.620. The van der Waals surface area contributed by atoms with Gasteiger partial charge in [-0.05, 0) is 22.6 Å². The minimum absolute atomic E-state index is 0.0787. The largest absolute Gasteiger partial charge is 0.296 e. The fraction of sp³-hybridized carbons (Fsp3) is 0.143. The Morgan fingerprint density at radius 2 is 2.23 bits per heavy atom. The highest BCUT2D eigenvalue weighted by molar-refractivity contribution is 14.1. The highest BCUT2D eigenvalue weighted by Crippen LogP contribution is 2.30. The van der Waals surface area contributed by atoms with Gasteiger partial charge in [0.2, 0.25) is 0 Å². The third kappa shape index (κ3) is 2.14. The van der Waals surface area contributed by atoms with Crippen LogP contribution in [0.3, 0.4) is 0 Å². The van der Waals surface area contributed by atoms with Crippen LogP contribution in [0.4, 0.5) is 8.78 Å². The van der Waals surface area contributed by atoms with Crippen molar-refractivity contribution in [2.75, 3.05) is 0 Å². The first-order valence-electron chi connectivity index (χ1n) is 3.15. The molecule has 13 heavy (non-hydrogen) atoms. The third-order valence-corrected chi connectivity index (χ3v) is 3.18. The highest BCUT2D eigenvalue weighted by atomic mass is 127. The molecular formula is C7H3ClF2INO. The molecule has 0 fully saturated rings. The Morgan fingerprint density at radius 1 is 1.62 bits per heavy atom. The minimum Gasteiger partial charge on any atom is -0.296 e. The van der Waals surface area contributed by atoms with Crippen LogP contribution in [0.25, 0.3) is 0 Å². The Labute approximate surface area is 91.4 Å². The van der Waals surface area contributed by atoms with Crippen molar-refractivity contribution >= 4 is 40.5 Å². The predicted molar refractivity (Wildman–Crippen MR) is 52.3 cm³/mol. The van der Waals surface area contributed by atoms with Crippen LogP contribution in [0.2, 0.25) is 5.02 Å². The zero-order chi connectivity index (χ0) is 10.0. The summed E-state index contributed by atoms with van der Waals surface area (Å²) in [6.07, 6.45) is -1.28. The number of hydrogen-bond acceptors (Lipinski definition) is 2. The van der Waals surface area contributed by atoms with E-state index in [-0.39, 0.29) is 19.9 Å². The molecule has 1 rings (SSSR count).